The van der Waals surface area contributed by atoms with E-state index in [2.05, 4.69) is 13.8 Å². The Morgan fingerprint density at radius 3 is 0.650 bits per heavy atom. The van der Waals surface area contributed by atoms with Crippen molar-refractivity contribution >= 4 is 0 Å². The first-order chi connectivity index (χ1) is 5.79. The molecule has 0 nitrogen and oxygen atoms in total. The van der Waals surface area contributed by atoms with Crippen LogP contribution in [0.4, 0.5) is 0 Å². The Morgan fingerprint density at radius 2 is 0.600 bits per heavy atom. The normalized spacial score (nSPS) is 15.3. The molecule has 0 saturated heterocycles. The molecule has 0 spiro atoms. The largest absolute Gasteiger partial charge is 0.340 e. The van der Waals surface area contributed by atoms with E-state index in [9.17, 15) is 0 Å². The third kappa shape index (κ3) is 33.8. The van der Waals surface area contributed by atoms with Gasteiger partial charge in [0.1, 0.15) is 0 Å². The molecule has 0 N–H and O–H groups in total. The van der Waals surface area contributed by atoms with Crippen molar-refractivity contribution in [2.24, 2.45) is 11.8 Å². The van der Waals surface area contributed by atoms with Crippen LogP contribution in [0.25, 0.3) is 0 Å². The van der Waals surface area contributed by atoms with Crippen LogP contribution in [0.1, 0.15) is 51.4 Å². The van der Waals surface area contributed by atoms with Crippen LogP contribution in [0.5, 0.6) is 0 Å². The molecule has 0 aliphatic heterocycles. The molecule has 2 aliphatic carbocycles. The monoisotopic (exact) mass is 844 g/mol. The van der Waals surface area contributed by atoms with Crippen LogP contribution in [0.15, 0.2) is 0 Å². The SMILES string of the molecule is [CH2-]C1CCCC1.[CH2-]C1CCCC1.[Fe].[Y].[Y].[Y].[Y].[Y].[Y].[Y]. The average Bonchev–Trinajstić information content (AvgIpc) is 2.63. The van der Waals surface area contributed by atoms with Gasteiger partial charge in [-0.1, -0.05) is 51.4 Å². The van der Waals surface area contributed by atoms with Crippen LogP contribution in [0.3, 0.4) is 0 Å². The Hall–Kier alpha value is 8.25. The first-order valence-corrected chi connectivity index (χ1v) is 5.45. The topological polar surface area (TPSA) is 0 Å². The Kier molecular flexibility index (Phi) is 97.0. The zero-order valence-electron chi connectivity index (χ0n) is 12.6. The summed E-state index contributed by atoms with van der Waals surface area (Å²) in [7, 11) is 0. The zero-order valence-corrected chi connectivity index (χ0v) is 33.6. The minimum Gasteiger partial charge on any atom is -0.340 e. The third-order valence-electron chi connectivity index (χ3n) is 2.95. The van der Waals surface area contributed by atoms with Gasteiger partial charge in [-0.25, -0.2) is 0 Å². The predicted molar refractivity (Wildman–Crippen MR) is 54.6 cm³/mol. The minimum atomic E-state index is 0. The van der Waals surface area contributed by atoms with Crippen molar-refractivity contribution in [3.05, 3.63) is 13.8 Å². The van der Waals surface area contributed by atoms with E-state index in [0.29, 0.717) is 0 Å². The number of hydrogen-bond acceptors (Lipinski definition) is 0. The quantitative estimate of drug-likeness (QED) is 0.256. The summed E-state index contributed by atoms with van der Waals surface area (Å²) in [6.07, 6.45) is 11.2. The summed E-state index contributed by atoms with van der Waals surface area (Å²) in [6, 6.07) is 0. The van der Waals surface area contributed by atoms with E-state index < -0.39 is 0 Å². The molecule has 0 aromatic carbocycles. The Balaban J connectivity index is -0.0000000171. The molecule has 0 bridgehead atoms. The Labute approximate surface area is 314 Å². The summed E-state index contributed by atoms with van der Waals surface area (Å²) >= 11 is 0. The van der Waals surface area contributed by atoms with E-state index in [1.807, 2.05) is 0 Å². The van der Waals surface area contributed by atoms with E-state index in [-0.39, 0.29) is 246 Å². The molecule has 0 aromatic heterocycles. The minimum absolute atomic E-state index is 0. The van der Waals surface area contributed by atoms with Gasteiger partial charge in [0.15, 0.2) is 0 Å². The van der Waals surface area contributed by atoms with Crippen molar-refractivity contribution < 1.29 is 246 Å². The number of hydrogen-bond donors (Lipinski definition) is 0. The van der Waals surface area contributed by atoms with Gasteiger partial charge < -0.3 is 13.8 Å². The third-order valence-corrected chi connectivity index (χ3v) is 2.95. The fourth-order valence-electron chi connectivity index (χ4n) is 2.02. The van der Waals surface area contributed by atoms with Crippen molar-refractivity contribution in [2.75, 3.05) is 0 Å². The average molecular weight is 844 g/mol. The molecule has 0 amide bonds. The molecule has 2 saturated carbocycles. The molecule has 20 heavy (non-hydrogen) atoms. The molecule has 0 aromatic rings. The summed E-state index contributed by atoms with van der Waals surface area (Å²) in [5.74, 6) is 1.59. The van der Waals surface area contributed by atoms with Crippen molar-refractivity contribution in [2.45, 2.75) is 51.4 Å². The molecular weight excluding hydrogens is 822 g/mol. The van der Waals surface area contributed by atoms with Crippen LogP contribution in [0.2, 0.25) is 0 Å². The summed E-state index contributed by atoms with van der Waals surface area (Å²) in [5, 5.41) is 0. The first kappa shape index (κ1) is 51.2. The predicted octanol–water partition coefficient (Wildman–Crippen LogP) is 4.00. The van der Waals surface area contributed by atoms with E-state index in [4.69, 9.17) is 0 Å². The van der Waals surface area contributed by atoms with Crippen LogP contribution >= 0.6 is 0 Å². The van der Waals surface area contributed by atoms with Gasteiger partial charge in [-0.3, -0.25) is 0 Å². The maximum atomic E-state index is 3.94. The second kappa shape index (κ2) is 37.9. The van der Waals surface area contributed by atoms with E-state index in [1.165, 1.54) is 51.4 Å². The maximum absolute atomic E-state index is 3.94. The van der Waals surface area contributed by atoms with Crippen molar-refractivity contribution in [3.8, 4) is 0 Å². The van der Waals surface area contributed by atoms with Gasteiger partial charge in [-0.15, -0.1) is 0 Å². The second-order valence-electron chi connectivity index (χ2n) is 4.30. The molecule has 7 radical (unpaired) electrons. The smallest absolute Gasteiger partial charge is 0 e. The zero-order chi connectivity index (χ0) is 8.81. The summed E-state index contributed by atoms with van der Waals surface area (Å²) in [6.45, 7) is 7.88. The maximum Gasteiger partial charge on any atom is 0 e. The van der Waals surface area contributed by atoms with Gasteiger partial charge in [0.25, 0.3) is 0 Å². The van der Waals surface area contributed by atoms with E-state index >= 15 is 0 Å². The Morgan fingerprint density at radius 1 is 0.450 bits per heavy atom. The van der Waals surface area contributed by atoms with Crippen molar-refractivity contribution in [3.63, 3.8) is 0 Å². The van der Waals surface area contributed by atoms with Gasteiger partial charge in [0.2, 0.25) is 0 Å². The molecule has 101 valence electrons. The molecule has 0 heterocycles. The van der Waals surface area contributed by atoms with Gasteiger partial charge >= 0.3 is 0 Å². The van der Waals surface area contributed by atoms with Crippen LogP contribution in [-0.2, 0) is 246 Å². The first-order valence-electron chi connectivity index (χ1n) is 5.45. The van der Waals surface area contributed by atoms with E-state index in [0.717, 1.165) is 11.8 Å². The van der Waals surface area contributed by atoms with Crippen LogP contribution in [-0.4, -0.2) is 0 Å². The van der Waals surface area contributed by atoms with Gasteiger partial charge in [0, 0.05) is 246 Å². The molecule has 0 atom stereocenters. The van der Waals surface area contributed by atoms with E-state index in [1.54, 1.807) is 0 Å². The number of rotatable bonds is 0. The van der Waals surface area contributed by atoms with Crippen molar-refractivity contribution in [1.29, 1.82) is 0 Å². The van der Waals surface area contributed by atoms with Crippen LogP contribution in [0, 0.1) is 25.7 Å². The van der Waals surface area contributed by atoms with Gasteiger partial charge in [-0.2, -0.15) is 11.8 Å². The van der Waals surface area contributed by atoms with Crippen LogP contribution < -0.4 is 0 Å². The Bertz CT molecular complexity index is 104. The molecule has 2 rings (SSSR count). The molecule has 0 unspecified atom stereocenters. The fourth-order valence-corrected chi connectivity index (χ4v) is 2.02. The summed E-state index contributed by atoms with van der Waals surface area (Å²) < 4.78 is 0. The standard InChI is InChI=1S/2C6H11.Fe.7Y/c2*1-6-4-2-3-5-6;;;;;;;;/h2*6H,1-5H2;;;;;;;;/q2*-1;;;;;;;;. The fraction of sp³-hybridized carbons (Fsp3) is 0.833. The molecule has 2 fully saturated rings. The summed E-state index contributed by atoms with van der Waals surface area (Å²) in [5.41, 5.74) is 0. The van der Waals surface area contributed by atoms with Gasteiger partial charge in [-0.05, 0) is 0 Å². The molecule has 2 aliphatic rings. The van der Waals surface area contributed by atoms with Gasteiger partial charge in [0.05, 0.1) is 0 Å². The molecular formula is C12H22FeY7-2. The second-order valence-corrected chi connectivity index (χ2v) is 4.30. The van der Waals surface area contributed by atoms with Crippen molar-refractivity contribution in [1.82, 2.24) is 0 Å². The summed E-state index contributed by atoms with van der Waals surface area (Å²) in [4.78, 5) is 0. The molecule has 8 heteroatoms.